The van der Waals surface area contributed by atoms with E-state index in [1.807, 2.05) is 24.3 Å². The molecule has 2 aromatic rings. The van der Waals surface area contributed by atoms with E-state index < -0.39 is 17.6 Å². The molecular formula is C24H24N2O5. The van der Waals surface area contributed by atoms with Crippen LogP contribution in [0.15, 0.2) is 48.5 Å². The fourth-order valence-electron chi connectivity index (χ4n) is 4.61. The van der Waals surface area contributed by atoms with E-state index in [1.165, 1.54) is 11.1 Å². The average molecular weight is 420 g/mol. The fraction of sp³-hybridized carbons (Fsp3) is 0.375. The first kappa shape index (κ1) is 19.6. The number of hydrogen-bond acceptors (Lipinski definition) is 4. The number of benzene rings is 2. The average Bonchev–Trinajstić information content (AvgIpc) is 3.45. The lowest BCUT2D eigenvalue weighted by molar-refractivity contribution is -0.144. The third-order valence-corrected chi connectivity index (χ3v) is 6.70. The van der Waals surface area contributed by atoms with E-state index in [9.17, 15) is 19.5 Å². The quantitative estimate of drug-likeness (QED) is 0.666. The van der Waals surface area contributed by atoms with Gasteiger partial charge in [0.1, 0.15) is 12.1 Å². The number of aliphatic carboxylic acids is 1. The second-order valence-electron chi connectivity index (χ2n) is 8.71. The van der Waals surface area contributed by atoms with Gasteiger partial charge in [-0.25, -0.2) is 9.59 Å². The molecule has 0 spiro atoms. The number of rotatable bonds is 6. The van der Waals surface area contributed by atoms with Crippen molar-refractivity contribution in [2.45, 2.75) is 43.2 Å². The summed E-state index contributed by atoms with van der Waals surface area (Å²) in [5.41, 5.74) is 3.60. The number of carbonyl (C=O) groups is 3. The number of ether oxygens (including phenoxy) is 1. The van der Waals surface area contributed by atoms with Gasteiger partial charge in [0.15, 0.2) is 0 Å². The van der Waals surface area contributed by atoms with Crippen LogP contribution in [-0.4, -0.2) is 41.3 Å². The van der Waals surface area contributed by atoms with Gasteiger partial charge in [0.2, 0.25) is 5.91 Å². The van der Waals surface area contributed by atoms with Crippen molar-refractivity contribution in [2.24, 2.45) is 5.92 Å². The Bertz CT molecular complexity index is 1010. The van der Waals surface area contributed by atoms with E-state index >= 15 is 0 Å². The standard InChI is InChI=1S/C24H24N2O5/c27-21(26-24(9-10-24)22(28)29)14-11-15(12-14)25-23(30)31-13-20-18-7-3-1-5-16(18)17-6-2-4-8-19(17)20/h1-8,14-15,20H,9-13H2,(H,25,30)(H,26,27)(H,28,29). The third-order valence-electron chi connectivity index (χ3n) is 6.70. The lowest BCUT2D eigenvalue weighted by Crippen LogP contribution is -2.53. The molecule has 0 heterocycles. The maximum Gasteiger partial charge on any atom is 0.407 e. The minimum Gasteiger partial charge on any atom is -0.480 e. The van der Waals surface area contributed by atoms with E-state index in [2.05, 4.69) is 34.9 Å². The highest BCUT2D eigenvalue weighted by Crippen LogP contribution is 2.44. The van der Waals surface area contributed by atoms with Crippen LogP contribution in [0.5, 0.6) is 0 Å². The molecule has 0 bridgehead atoms. The van der Waals surface area contributed by atoms with Crippen LogP contribution in [-0.2, 0) is 14.3 Å². The van der Waals surface area contributed by atoms with Crippen LogP contribution in [0.1, 0.15) is 42.7 Å². The van der Waals surface area contributed by atoms with Crippen molar-refractivity contribution in [1.82, 2.24) is 10.6 Å². The first-order valence-electron chi connectivity index (χ1n) is 10.6. The Morgan fingerprint density at radius 1 is 0.968 bits per heavy atom. The van der Waals surface area contributed by atoms with Crippen molar-refractivity contribution in [1.29, 1.82) is 0 Å². The van der Waals surface area contributed by atoms with Crippen molar-refractivity contribution < 1.29 is 24.2 Å². The van der Waals surface area contributed by atoms with E-state index in [0.29, 0.717) is 25.7 Å². The van der Waals surface area contributed by atoms with Gasteiger partial charge in [-0.15, -0.1) is 0 Å². The predicted octanol–water partition coefficient (Wildman–Crippen LogP) is 3.04. The number of fused-ring (bicyclic) bond motifs is 3. The fourth-order valence-corrected chi connectivity index (χ4v) is 4.61. The number of carboxylic acids is 1. The van der Waals surface area contributed by atoms with Gasteiger partial charge in [-0.3, -0.25) is 4.79 Å². The first-order valence-corrected chi connectivity index (χ1v) is 10.6. The minimum atomic E-state index is -1.07. The van der Waals surface area contributed by atoms with Crippen LogP contribution < -0.4 is 10.6 Å². The molecule has 3 N–H and O–H groups in total. The summed E-state index contributed by atoms with van der Waals surface area (Å²) in [5.74, 6) is -1.49. The van der Waals surface area contributed by atoms with Gasteiger partial charge in [-0.05, 0) is 47.9 Å². The Morgan fingerprint density at radius 2 is 1.55 bits per heavy atom. The molecule has 0 aliphatic heterocycles. The lowest BCUT2D eigenvalue weighted by Gasteiger charge is -2.35. The molecule has 2 fully saturated rings. The van der Waals surface area contributed by atoms with Gasteiger partial charge in [-0.1, -0.05) is 48.5 Å². The largest absolute Gasteiger partial charge is 0.480 e. The van der Waals surface area contributed by atoms with Crippen molar-refractivity contribution >= 4 is 18.0 Å². The van der Waals surface area contributed by atoms with Crippen LogP contribution in [0.3, 0.4) is 0 Å². The maximum atomic E-state index is 12.3. The molecular weight excluding hydrogens is 396 g/mol. The molecule has 7 nitrogen and oxygen atoms in total. The summed E-state index contributed by atoms with van der Waals surface area (Å²) < 4.78 is 5.54. The number of nitrogens with one attached hydrogen (secondary N) is 2. The van der Waals surface area contributed by atoms with Gasteiger partial charge in [0.05, 0.1) is 0 Å². The second-order valence-corrected chi connectivity index (χ2v) is 8.71. The summed E-state index contributed by atoms with van der Waals surface area (Å²) in [5, 5.41) is 14.6. The molecule has 5 rings (SSSR count). The number of amides is 2. The summed E-state index contributed by atoms with van der Waals surface area (Å²) in [6, 6.07) is 16.2. The smallest absolute Gasteiger partial charge is 0.407 e. The Morgan fingerprint density at radius 3 is 2.10 bits per heavy atom. The van der Waals surface area contributed by atoms with Gasteiger partial charge in [-0.2, -0.15) is 0 Å². The molecule has 0 saturated heterocycles. The highest BCUT2D eigenvalue weighted by atomic mass is 16.5. The predicted molar refractivity (Wildman–Crippen MR) is 112 cm³/mol. The SMILES string of the molecule is O=C(NC1CC(C(=O)NC2(C(=O)O)CC2)C1)OCC1c2ccccc2-c2ccccc21. The van der Waals surface area contributed by atoms with Crippen LogP contribution in [0.25, 0.3) is 11.1 Å². The lowest BCUT2D eigenvalue weighted by atomic mass is 9.79. The number of carboxylic acid groups (broad SMARTS) is 1. The Labute approximate surface area is 179 Å². The van der Waals surface area contributed by atoms with Crippen LogP contribution in [0, 0.1) is 5.92 Å². The van der Waals surface area contributed by atoms with Crippen LogP contribution in [0.2, 0.25) is 0 Å². The van der Waals surface area contributed by atoms with E-state index in [1.54, 1.807) is 0 Å². The first-order chi connectivity index (χ1) is 15.0. The molecule has 3 aliphatic carbocycles. The van der Waals surface area contributed by atoms with Gasteiger partial charge < -0.3 is 20.5 Å². The van der Waals surface area contributed by atoms with Crippen molar-refractivity contribution in [3.05, 3.63) is 59.7 Å². The zero-order valence-electron chi connectivity index (χ0n) is 17.0. The molecule has 160 valence electrons. The molecule has 0 unspecified atom stereocenters. The molecule has 2 amide bonds. The normalized spacial score (nSPS) is 22.5. The Balaban J connectivity index is 1.12. The summed E-state index contributed by atoms with van der Waals surface area (Å²) in [6.07, 6.45) is 1.44. The number of hydrogen-bond donors (Lipinski definition) is 3. The molecule has 3 aliphatic rings. The summed E-state index contributed by atoms with van der Waals surface area (Å²) in [7, 11) is 0. The van der Waals surface area contributed by atoms with E-state index in [0.717, 1.165) is 11.1 Å². The van der Waals surface area contributed by atoms with Crippen LogP contribution >= 0.6 is 0 Å². The van der Waals surface area contributed by atoms with Gasteiger partial charge in [0.25, 0.3) is 0 Å². The van der Waals surface area contributed by atoms with Crippen LogP contribution in [0.4, 0.5) is 4.79 Å². The number of carbonyl (C=O) groups excluding carboxylic acids is 2. The molecule has 2 aromatic carbocycles. The monoisotopic (exact) mass is 420 g/mol. The summed E-state index contributed by atoms with van der Waals surface area (Å²) in [4.78, 5) is 35.8. The third kappa shape index (κ3) is 3.54. The number of alkyl carbamates (subject to hydrolysis) is 1. The molecule has 0 aromatic heterocycles. The molecule has 31 heavy (non-hydrogen) atoms. The molecule has 7 heteroatoms. The van der Waals surface area contributed by atoms with E-state index in [-0.39, 0.29) is 30.4 Å². The summed E-state index contributed by atoms with van der Waals surface area (Å²) in [6.45, 7) is 0.248. The highest BCUT2D eigenvalue weighted by Gasteiger charge is 2.53. The van der Waals surface area contributed by atoms with Crippen molar-refractivity contribution in [3.63, 3.8) is 0 Å². The molecule has 0 atom stereocenters. The highest BCUT2D eigenvalue weighted by molar-refractivity contribution is 5.91. The summed E-state index contributed by atoms with van der Waals surface area (Å²) >= 11 is 0. The van der Waals surface area contributed by atoms with Gasteiger partial charge in [0, 0.05) is 17.9 Å². The zero-order valence-corrected chi connectivity index (χ0v) is 17.0. The van der Waals surface area contributed by atoms with Crippen molar-refractivity contribution in [3.8, 4) is 11.1 Å². The Kier molecular flexibility index (Phi) is 4.68. The second kappa shape index (κ2) is 7.41. The minimum absolute atomic E-state index is 0.00353. The maximum absolute atomic E-state index is 12.3. The molecule has 2 saturated carbocycles. The van der Waals surface area contributed by atoms with Crippen molar-refractivity contribution in [2.75, 3.05) is 6.61 Å². The van der Waals surface area contributed by atoms with Gasteiger partial charge >= 0.3 is 12.1 Å². The topological polar surface area (TPSA) is 105 Å². The zero-order chi connectivity index (χ0) is 21.6. The van der Waals surface area contributed by atoms with E-state index in [4.69, 9.17) is 4.74 Å². The molecule has 0 radical (unpaired) electrons. The Hall–Kier alpha value is -3.35.